The zero-order valence-corrected chi connectivity index (χ0v) is 12.4. The molecule has 94 valence electrons. The minimum Gasteiger partial charge on any atom is -0.205 e. The van der Waals surface area contributed by atoms with E-state index in [-0.39, 0.29) is 5.02 Å². The molecule has 0 fully saturated rings. The van der Waals surface area contributed by atoms with Gasteiger partial charge in [-0.15, -0.1) is 11.6 Å². The molecule has 4 heteroatoms. The van der Waals surface area contributed by atoms with Crippen LogP contribution in [0.25, 0.3) is 0 Å². The summed E-state index contributed by atoms with van der Waals surface area (Å²) in [5.41, 5.74) is 1.48. The SMILES string of the molecule is Fc1c(Cl)cccc1C(Cl)Cc1cccc(Br)c1. The molecular formula is C14H10BrCl2F. The van der Waals surface area contributed by atoms with E-state index in [1.807, 2.05) is 24.3 Å². The van der Waals surface area contributed by atoms with E-state index in [0.29, 0.717) is 12.0 Å². The van der Waals surface area contributed by atoms with Crippen molar-refractivity contribution in [2.75, 3.05) is 0 Å². The predicted molar refractivity (Wildman–Crippen MR) is 77.9 cm³/mol. The molecule has 0 amide bonds. The summed E-state index contributed by atoms with van der Waals surface area (Å²) in [5.74, 6) is -0.436. The maximum Gasteiger partial charge on any atom is 0.146 e. The molecule has 2 aromatic carbocycles. The van der Waals surface area contributed by atoms with E-state index >= 15 is 0 Å². The van der Waals surface area contributed by atoms with Crippen molar-refractivity contribution in [3.05, 3.63) is 68.9 Å². The molecule has 0 aliphatic heterocycles. The van der Waals surface area contributed by atoms with Crippen molar-refractivity contribution >= 4 is 39.1 Å². The second kappa shape index (κ2) is 6.05. The topological polar surface area (TPSA) is 0 Å². The van der Waals surface area contributed by atoms with E-state index in [2.05, 4.69) is 15.9 Å². The van der Waals surface area contributed by atoms with Crippen molar-refractivity contribution in [2.24, 2.45) is 0 Å². The highest BCUT2D eigenvalue weighted by molar-refractivity contribution is 9.10. The molecule has 0 bridgehead atoms. The van der Waals surface area contributed by atoms with Gasteiger partial charge in [0.15, 0.2) is 0 Å². The lowest BCUT2D eigenvalue weighted by Gasteiger charge is -2.12. The van der Waals surface area contributed by atoms with Gasteiger partial charge >= 0.3 is 0 Å². The van der Waals surface area contributed by atoms with Gasteiger partial charge in [-0.2, -0.15) is 0 Å². The Morgan fingerprint density at radius 2 is 1.89 bits per heavy atom. The Hall–Kier alpha value is -0.570. The summed E-state index contributed by atoms with van der Waals surface area (Å²) in [6.07, 6.45) is 0.554. The summed E-state index contributed by atoms with van der Waals surface area (Å²) in [5, 5.41) is -0.328. The molecule has 0 heterocycles. The van der Waals surface area contributed by atoms with Gasteiger partial charge < -0.3 is 0 Å². The lowest BCUT2D eigenvalue weighted by Crippen LogP contribution is -1.99. The summed E-state index contributed by atoms with van der Waals surface area (Å²) in [7, 11) is 0. The Balaban J connectivity index is 2.22. The van der Waals surface area contributed by atoms with Crippen LogP contribution in [0.2, 0.25) is 5.02 Å². The molecule has 2 aromatic rings. The van der Waals surface area contributed by atoms with Crippen molar-refractivity contribution in [3.8, 4) is 0 Å². The van der Waals surface area contributed by atoms with Crippen LogP contribution in [0.4, 0.5) is 4.39 Å². The summed E-state index contributed by atoms with van der Waals surface area (Å²) < 4.78 is 14.8. The van der Waals surface area contributed by atoms with Gasteiger partial charge in [-0.05, 0) is 30.2 Å². The minimum absolute atomic E-state index is 0.104. The number of rotatable bonds is 3. The van der Waals surface area contributed by atoms with E-state index in [1.54, 1.807) is 12.1 Å². The normalized spacial score (nSPS) is 12.4. The first kappa shape index (κ1) is 13.9. The van der Waals surface area contributed by atoms with Crippen molar-refractivity contribution in [1.82, 2.24) is 0 Å². The number of hydrogen-bond acceptors (Lipinski definition) is 0. The lowest BCUT2D eigenvalue weighted by molar-refractivity contribution is 0.606. The molecule has 2 rings (SSSR count). The molecule has 1 unspecified atom stereocenters. The van der Waals surface area contributed by atoms with E-state index in [0.717, 1.165) is 10.0 Å². The largest absolute Gasteiger partial charge is 0.205 e. The van der Waals surface area contributed by atoms with Gasteiger partial charge in [0.25, 0.3) is 0 Å². The summed E-state index contributed by atoms with van der Waals surface area (Å²) >= 11 is 15.4. The predicted octanol–water partition coefficient (Wildman–Crippen LogP) is 5.76. The zero-order valence-electron chi connectivity index (χ0n) is 9.34. The molecule has 18 heavy (non-hydrogen) atoms. The van der Waals surface area contributed by atoms with Crippen LogP contribution in [0.3, 0.4) is 0 Å². The van der Waals surface area contributed by atoms with Crippen LogP contribution in [0, 0.1) is 5.82 Å². The van der Waals surface area contributed by atoms with Gasteiger partial charge in [0.2, 0.25) is 0 Å². The highest BCUT2D eigenvalue weighted by atomic mass is 79.9. The molecule has 0 nitrogen and oxygen atoms in total. The molecule has 0 N–H and O–H groups in total. The van der Waals surface area contributed by atoms with Crippen LogP contribution in [-0.2, 0) is 6.42 Å². The Labute approximate surface area is 124 Å². The highest BCUT2D eigenvalue weighted by Crippen LogP contribution is 2.30. The fourth-order valence-corrected chi connectivity index (χ4v) is 2.72. The number of benzene rings is 2. The quantitative estimate of drug-likeness (QED) is 0.619. The maximum absolute atomic E-state index is 13.8. The highest BCUT2D eigenvalue weighted by Gasteiger charge is 2.15. The molecule has 0 saturated carbocycles. The van der Waals surface area contributed by atoms with Crippen LogP contribution in [-0.4, -0.2) is 0 Å². The van der Waals surface area contributed by atoms with Crippen LogP contribution in [0.15, 0.2) is 46.9 Å². The zero-order chi connectivity index (χ0) is 13.1. The minimum atomic E-state index is -0.436. The van der Waals surface area contributed by atoms with Crippen LogP contribution in [0.5, 0.6) is 0 Å². The van der Waals surface area contributed by atoms with Gasteiger partial charge in [-0.25, -0.2) is 4.39 Å². The summed E-state index contributed by atoms with van der Waals surface area (Å²) in [6, 6.07) is 12.7. The van der Waals surface area contributed by atoms with Crippen molar-refractivity contribution < 1.29 is 4.39 Å². The third-order valence-electron chi connectivity index (χ3n) is 2.62. The molecule has 0 aliphatic rings. The Morgan fingerprint density at radius 3 is 2.61 bits per heavy atom. The maximum atomic E-state index is 13.8. The molecule has 0 saturated heterocycles. The summed E-state index contributed by atoms with van der Waals surface area (Å²) in [6.45, 7) is 0. The van der Waals surface area contributed by atoms with E-state index in [4.69, 9.17) is 23.2 Å². The van der Waals surface area contributed by atoms with E-state index in [9.17, 15) is 4.39 Å². The van der Waals surface area contributed by atoms with Gasteiger partial charge in [0.05, 0.1) is 10.4 Å². The van der Waals surface area contributed by atoms with Crippen molar-refractivity contribution in [3.63, 3.8) is 0 Å². The standard InChI is InChI=1S/C14H10BrCl2F/c15-10-4-1-3-9(7-10)8-13(17)11-5-2-6-12(16)14(11)18/h1-7,13H,8H2. The third-order valence-corrected chi connectivity index (χ3v) is 3.80. The van der Waals surface area contributed by atoms with Gasteiger partial charge in [0.1, 0.15) is 5.82 Å². The fraction of sp³-hybridized carbons (Fsp3) is 0.143. The Bertz CT molecular complexity index is 557. The first-order valence-corrected chi connectivity index (χ1v) is 7.01. The molecular weight excluding hydrogens is 338 g/mol. The number of alkyl halides is 1. The van der Waals surface area contributed by atoms with Crippen LogP contribution < -0.4 is 0 Å². The third kappa shape index (κ3) is 3.25. The first-order valence-electron chi connectivity index (χ1n) is 5.40. The Morgan fingerprint density at radius 1 is 1.17 bits per heavy atom. The Kier molecular flexibility index (Phi) is 4.66. The van der Waals surface area contributed by atoms with Gasteiger partial charge in [0, 0.05) is 10.0 Å². The summed E-state index contributed by atoms with van der Waals surface area (Å²) in [4.78, 5) is 0. The van der Waals surface area contributed by atoms with Gasteiger partial charge in [-0.1, -0.05) is 51.8 Å². The van der Waals surface area contributed by atoms with Crippen LogP contribution >= 0.6 is 39.1 Å². The molecule has 0 aliphatic carbocycles. The van der Waals surface area contributed by atoms with Crippen molar-refractivity contribution in [1.29, 1.82) is 0 Å². The smallest absolute Gasteiger partial charge is 0.146 e. The fourth-order valence-electron chi connectivity index (χ4n) is 1.74. The second-order valence-corrected chi connectivity index (χ2v) is 5.79. The molecule has 0 spiro atoms. The number of hydrogen-bond donors (Lipinski definition) is 0. The van der Waals surface area contributed by atoms with E-state index in [1.165, 1.54) is 6.07 Å². The van der Waals surface area contributed by atoms with E-state index < -0.39 is 11.2 Å². The lowest BCUT2D eigenvalue weighted by atomic mass is 10.0. The number of halogens is 4. The monoisotopic (exact) mass is 346 g/mol. The van der Waals surface area contributed by atoms with Crippen molar-refractivity contribution in [2.45, 2.75) is 11.8 Å². The average molecular weight is 348 g/mol. The average Bonchev–Trinajstić information content (AvgIpc) is 2.32. The first-order chi connectivity index (χ1) is 8.58. The van der Waals surface area contributed by atoms with Gasteiger partial charge in [-0.3, -0.25) is 0 Å². The van der Waals surface area contributed by atoms with Crippen LogP contribution in [0.1, 0.15) is 16.5 Å². The molecule has 1 atom stereocenters. The molecule has 0 radical (unpaired) electrons. The molecule has 0 aromatic heterocycles. The second-order valence-electron chi connectivity index (χ2n) is 3.94.